The molecule has 0 bridgehead atoms. The van der Waals surface area contributed by atoms with Crippen LogP contribution in [0.15, 0.2) is 24.3 Å². The number of alkyl halides is 1. The number of rotatable bonds is 7. The Bertz CT molecular complexity index is 397. The first-order valence-corrected chi connectivity index (χ1v) is 6.58. The molecule has 2 unspecified atom stereocenters. The van der Waals surface area contributed by atoms with Crippen LogP contribution in [0.1, 0.15) is 18.1 Å². The van der Waals surface area contributed by atoms with Gasteiger partial charge in [-0.3, -0.25) is 4.79 Å². The quantitative estimate of drug-likeness (QED) is 0.561. The number of amides is 1. The molecule has 0 heterocycles. The van der Waals surface area contributed by atoms with Gasteiger partial charge in [0.2, 0.25) is 5.91 Å². The summed E-state index contributed by atoms with van der Waals surface area (Å²) in [5.74, 6) is -0.392. The van der Waals surface area contributed by atoms with Crippen molar-refractivity contribution >= 4 is 23.2 Å². The van der Waals surface area contributed by atoms with Crippen LogP contribution in [-0.4, -0.2) is 41.7 Å². The summed E-state index contributed by atoms with van der Waals surface area (Å²) in [6.07, 6.45) is -1.30. The fourth-order valence-corrected chi connectivity index (χ4v) is 1.70. The predicted octanol–water partition coefficient (Wildman–Crippen LogP) is 0.868. The number of aliphatic hydroxyl groups excluding tert-OH is 2. The van der Waals surface area contributed by atoms with Gasteiger partial charge in [-0.05, 0) is 37.7 Å². The van der Waals surface area contributed by atoms with Gasteiger partial charge in [-0.15, -0.1) is 11.6 Å². The van der Waals surface area contributed by atoms with E-state index in [4.69, 9.17) is 11.6 Å². The van der Waals surface area contributed by atoms with Gasteiger partial charge < -0.3 is 20.8 Å². The van der Waals surface area contributed by atoms with E-state index in [1.807, 2.05) is 0 Å². The molecule has 1 rings (SSSR count). The van der Waals surface area contributed by atoms with E-state index in [0.29, 0.717) is 24.2 Å². The van der Waals surface area contributed by atoms with E-state index in [1.54, 1.807) is 31.3 Å². The molecule has 1 amide bonds. The van der Waals surface area contributed by atoms with Crippen LogP contribution >= 0.6 is 11.6 Å². The van der Waals surface area contributed by atoms with Crippen LogP contribution in [0.3, 0.4) is 0 Å². The lowest BCUT2D eigenvalue weighted by atomic mass is 10.0. The second-order valence-corrected chi connectivity index (χ2v) is 4.48. The molecule has 0 spiro atoms. The summed E-state index contributed by atoms with van der Waals surface area (Å²) in [5, 5.41) is 25.2. The van der Waals surface area contributed by atoms with Crippen LogP contribution in [0.25, 0.3) is 0 Å². The minimum Gasteiger partial charge on any atom is -0.390 e. The number of aliphatic hydroxyl groups is 2. The number of halogens is 1. The van der Waals surface area contributed by atoms with E-state index in [-0.39, 0.29) is 11.8 Å². The number of anilines is 1. The number of hydrogen-bond acceptors (Lipinski definition) is 4. The Hall–Kier alpha value is -1.14. The third kappa shape index (κ3) is 5.16. The lowest BCUT2D eigenvalue weighted by molar-refractivity contribution is -0.113. The molecule has 0 aliphatic heterocycles. The van der Waals surface area contributed by atoms with Crippen molar-refractivity contribution in [2.24, 2.45) is 0 Å². The van der Waals surface area contributed by atoms with E-state index in [0.717, 1.165) is 0 Å². The molecule has 0 aromatic heterocycles. The monoisotopic (exact) mass is 286 g/mol. The highest BCUT2D eigenvalue weighted by Gasteiger charge is 2.17. The molecular weight excluding hydrogens is 268 g/mol. The van der Waals surface area contributed by atoms with E-state index in [2.05, 4.69) is 10.6 Å². The number of nitrogens with one attached hydrogen (secondary N) is 2. The minimum atomic E-state index is -0.939. The summed E-state index contributed by atoms with van der Waals surface area (Å²) in [6.45, 7) is 0.627. The SMILES string of the molecule is CNCCC(O)C(O)c1ccc(NC(=O)CCl)cc1. The van der Waals surface area contributed by atoms with Gasteiger partial charge >= 0.3 is 0 Å². The smallest absolute Gasteiger partial charge is 0.239 e. The van der Waals surface area contributed by atoms with Crippen LogP contribution in [0.5, 0.6) is 0 Å². The number of hydrogen-bond donors (Lipinski definition) is 4. The van der Waals surface area contributed by atoms with Gasteiger partial charge in [0, 0.05) is 5.69 Å². The molecule has 1 aromatic carbocycles. The molecule has 1 aromatic rings. The Morgan fingerprint density at radius 1 is 1.32 bits per heavy atom. The minimum absolute atomic E-state index is 0.104. The molecule has 0 saturated carbocycles. The molecular formula is C13H19ClN2O3. The first kappa shape index (κ1) is 15.9. The van der Waals surface area contributed by atoms with E-state index >= 15 is 0 Å². The Kier molecular flexibility index (Phi) is 6.80. The predicted molar refractivity (Wildman–Crippen MR) is 75.3 cm³/mol. The third-order valence-electron chi connectivity index (χ3n) is 2.71. The average molecular weight is 287 g/mol. The molecule has 5 nitrogen and oxygen atoms in total. The molecule has 2 atom stereocenters. The van der Waals surface area contributed by atoms with Gasteiger partial charge in [0.15, 0.2) is 0 Å². The van der Waals surface area contributed by atoms with Crippen LogP contribution < -0.4 is 10.6 Å². The molecule has 0 radical (unpaired) electrons. The Labute approximate surface area is 117 Å². The molecule has 0 aliphatic carbocycles. The van der Waals surface area contributed by atoms with Crippen LogP contribution in [-0.2, 0) is 4.79 Å². The van der Waals surface area contributed by atoms with Crippen LogP contribution in [0, 0.1) is 0 Å². The van der Waals surface area contributed by atoms with E-state index < -0.39 is 12.2 Å². The summed E-state index contributed by atoms with van der Waals surface area (Å²) in [5.41, 5.74) is 1.21. The second-order valence-electron chi connectivity index (χ2n) is 4.21. The largest absolute Gasteiger partial charge is 0.390 e. The molecule has 6 heteroatoms. The van der Waals surface area contributed by atoms with Gasteiger partial charge in [-0.25, -0.2) is 0 Å². The normalized spacial score (nSPS) is 13.9. The summed E-state index contributed by atoms with van der Waals surface area (Å²) >= 11 is 5.38. The average Bonchev–Trinajstić information content (AvgIpc) is 2.44. The Balaban J connectivity index is 2.62. The number of benzene rings is 1. The molecule has 4 N–H and O–H groups in total. The molecule has 106 valence electrons. The van der Waals surface area contributed by atoms with Gasteiger partial charge in [0.25, 0.3) is 0 Å². The topological polar surface area (TPSA) is 81.6 Å². The van der Waals surface area contributed by atoms with Crippen LogP contribution in [0.2, 0.25) is 0 Å². The highest BCUT2D eigenvalue weighted by atomic mass is 35.5. The summed E-state index contributed by atoms with van der Waals surface area (Å²) in [4.78, 5) is 11.1. The lowest BCUT2D eigenvalue weighted by Gasteiger charge is -2.18. The van der Waals surface area contributed by atoms with Crippen molar-refractivity contribution in [2.75, 3.05) is 24.8 Å². The van der Waals surface area contributed by atoms with E-state index in [1.165, 1.54) is 0 Å². The maximum Gasteiger partial charge on any atom is 0.239 e. The molecule has 0 saturated heterocycles. The number of carbonyl (C=O) groups is 1. The summed E-state index contributed by atoms with van der Waals surface area (Å²) in [6, 6.07) is 6.65. The first-order chi connectivity index (χ1) is 9.08. The number of carbonyl (C=O) groups excluding carboxylic acids is 1. The fourth-order valence-electron chi connectivity index (χ4n) is 1.63. The molecule has 19 heavy (non-hydrogen) atoms. The molecule has 0 fully saturated rings. The maximum atomic E-state index is 11.1. The zero-order valence-electron chi connectivity index (χ0n) is 10.8. The maximum absolute atomic E-state index is 11.1. The second kappa shape index (κ2) is 8.12. The Morgan fingerprint density at radius 2 is 1.95 bits per heavy atom. The Morgan fingerprint density at radius 3 is 2.47 bits per heavy atom. The van der Waals surface area contributed by atoms with Crippen molar-refractivity contribution < 1.29 is 15.0 Å². The van der Waals surface area contributed by atoms with Gasteiger partial charge in [-0.1, -0.05) is 12.1 Å². The standard InChI is InChI=1S/C13H19ClN2O3/c1-15-7-6-11(17)13(19)9-2-4-10(5-3-9)16-12(18)8-14/h2-5,11,13,15,17,19H,6-8H2,1H3,(H,16,18). The summed E-state index contributed by atoms with van der Waals surface area (Å²) in [7, 11) is 1.79. The highest BCUT2D eigenvalue weighted by molar-refractivity contribution is 6.29. The van der Waals surface area contributed by atoms with Gasteiger partial charge in [0.1, 0.15) is 12.0 Å². The highest BCUT2D eigenvalue weighted by Crippen LogP contribution is 2.20. The van der Waals surface area contributed by atoms with Crippen LogP contribution in [0.4, 0.5) is 5.69 Å². The third-order valence-corrected chi connectivity index (χ3v) is 2.95. The van der Waals surface area contributed by atoms with Crippen molar-refractivity contribution in [2.45, 2.75) is 18.6 Å². The van der Waals surface area contributed by atoms with Crippen molar-refractivity contribution in [3.8, 4) is 0 Å². The first-order valence-electron chi connectivity index (χ1n) is 6.05. The summed E-state index contributed by atoms with van der Waals surface area (Å²) < 4.78 is 0. The molecule has 0 aliphatic rings. The van der Waals surface area contributed by atoms with Crippen molar-refractivity contribution in [1.82, 2.24) is 5.32 Å². The van der Waals surface area contributed by atoms with Crippen molar-refractivity contribution in [1.29, 1.82) is 0 Å². The zero-order chi connectivity index (χ0) is 14.3. The van der Waals surface area contributed by atoms with Crippen molar-refractivity contribution in [3.63, 3.8) is 0 Å². The fraction of sp³-hybridized carbons (Fsp3) is 0.462. The zero-order valence-corrected chi connectivity index (χ0v) is 11.5. The van der Waals surface area contributed by atoms with Crippen molar-refractivity contribution in [3.05, 3.63) is 29.8 Å². The van der Waals surface area contributed by atoms with Gasteiger partial charge in [-0.2, -0.15) is 0 Å². The van der Waals surface area contributed by atoms with E-state index in [9.17, 15) is 15.0 Å². The lowest BCUT2D eigenvalue weighted by Crippen LogP contribution is -2.23. The van der Waals surface area contributed by atoms with Gasteiger partial charge in [0.05, 0.1) is 6.10 Å².